The van der Waals surface area contributed by atoms with E-state index in [4.69, 9.17) is 15.6 Å². The van der Waals surface area contributed by atoms with Crippen LogP contribution in [0.4, 0.5) is 0 Å². The Labute approximate surface area is 281 Å². The van der Waals surface area contributed by atoms with Crippen LogP contribution in [0.15, 0.2) is 70.7 Å². The van der Waals surface area contributed by atoms with E-state index in [1.165, 1.54) is 10.5 Å². The van der Waals surface area contributed by atoms with E-state index in [0.29, 0.717) is 49.2 Å². The Balaban J connectivity index is 1.21. The standard InChI is InChI=1S/C36H42N6O5S/c1-23-11-16-33(26(4)30(23)22-47-32-10-5-8-29-24(2)20-25(3)41-34(29)32)48(45,46)42-19-6-9-31(42)36(44)39-18-7-17-38-35(43)28-14-12-27(13-15-28)21-40-37/h5,8,10-16,20-21,31H,6-7,9,17-19,22,37H2,1-4H3,(H,38,43)(H,39,44)/t31-/m0/s1. The first-order chi connectivity index (χ1) is 23.0. The van der Waals surface area contributed by atoms with E-state index in [1.54, 1.807) is 43.3 Å². The number of sulfonamides is 1. The van der Waals surface area contributed by atoms with Crippen molar-refractivity contribution in [1.82, 2.24) is 19.9 Å². The van der Waals surface area contributed by atoms with Gasteiger partial charge in [-0.25, -0.2) is 13.4 Å². The fraction of sp³-hybridized carbons (Fsp3) is 0.333. The van der Waals surface area contributed by atoms with Crippen molar-refractivity contribution in [3.8, 4) is 5.75 Å². The third kappa shape index (κ3) is 7.50. The van der Waals surface area contributed by atoms with Gasteiger partial charge in [0.1, 0.15) is 23.9 Å². The summed E-state index contributed by atoms with van der Waals surface area (Å²) in [5.74, 6) is 5.21. The van der Waals surface area contributed by atoms with Crippen LogP contribution in [0.3, 0.4) is 0 Å². The molecule has 1 aliphatic rings. The number of hydrazone groups is 1. The maximum Gasteiger partial charge on any atom is 0.251 e. The van der Waals surface area contributed by atoms with Crippen molar-refractivity contribution in [2.24, 2.45) is 10.9 Å². The fourth-order valence-corrected chi connectivity index (χ4v) is 8.05. The summed E-state index contributed by atoms with van der Waals surface area (Å²) < 4.78 is 35.7. The third-order valence-electron chi connectivity index (χ3n) is 8.72. The topological polar surface area (TPSA) is 156 Å². The summed E-state index contributed by atoms with van der Waals surface area (Å²) in [6.45, 7) is 8.77. The maximum absolute atomic E-state index is 14.0. The van der Waals surface area contributed by atoms with Gasteiger partial charge >= 0.3 is 0 Å². The molecule has 48 heavy (non-hydrogen) atoms. The highest BCUT2D eigenvalue weighted by atomic mass is 32.2. The highest BCUT2D eigenvalue weighted by molar-refractivity contribution is 7.89. The number of carbonyl (C=O) groups is 2. The van der Waals surface area contributed by atoms with Crippen molar-refractivity contribution in [3.05, 3.63) is 99.7 Å². The van der Waals surface area contributed by atoms with Crippen LogP contribution in [0.2, 0.25) is 0 Å². The third-order valence-corrected chi connectivity index (χ3v) is 10.8. The number of pyridine rings is 1. The molecule has 252 valence electrons. The number of aromatic nitrogens is 1. The number of para-hydroxylation sites is 1. The molecule has 1 atom stereocenters. The van der Waals surface area contributed by atoms with Crippen molar-refractivity contribution in [3.63, 3.8) is 0 Å². The first kappa shape index (κ1) is 34.5. The average molecular weight is 671 g/mol. The van der Waals surface area contributed by atoms with Gasteiger partial charge < -0.3 is 21.2 Å². The summed E-state index contributed by atoms with van der Waals surface area (Å²) in [5, 5.41) is 10.2. The molecular weight excluding hydrogens is 628 g/mol. The van der Waals surface area contributed by atoms with Gasteiger partial charge in [0, 0.05) is 36.3 Å². The lowest BCUT2D eigenvalue weighted by atomic mass is 10.0. The van der Waals surface area contributed by atoms with Gasteiger partial charge in [0.25, 0.3) is 5.91 Å². The van der Waals surface area contributed by atoms with Crippen LogP contribution in [0.1, 0.15) is 63.1 Å². The smallest absolute Gasteiger partial charge is 0.251 e. The first-order valence-corrected chi connectivity index (χ1v) is 17.4. The minimum atomic E-state index is -3.98. The van der Waals surface area contributed by atoms with Crippen LogP contribution in [0.5, 0.6) is 5.75 Å². The van der Waals surface area contributed by atoms with Gasteiger partial charge in [0.2, 0.25) is 15.9 Å². The van der Waals surface area contributed by atoms with E-state index in [-0.39, 0.29) is 29.9 Å². The van der Waals surface area contributed by atoms with Crippen LogP contribution >= 0.6 is 0 Å². The number of ether oxygens (including phenoxy) is 1. The summed E-state index contributed by atoms with van der Waals surface area (Å²) in [4.78, 5) is 30.5. The molecule has 0 bridgehead atoms. The number of carbonyl (C=O) groups excluding carboxylic acids is 2. The molecule has 2 amide bonds. The number of nitrogens with zero attached hydrogens (tertiary/aromatic N) is 3. The molecule has 0 unspecified atom stereocenters. The van der Waals surface area contributed by atoms with Crippen LogP contribution < -0.4 is 21.2 Å². The van der Waals surface area contributed by atoms with Gasteiger partial charge in [0.15, 0.2) is 0 Å². The molecule has 0 radical (unpaired) electrons. The molecule has 4 aromatic rings. The predicted molar refractivity (Wildman–Crippen MR) is 187 cm³/mol. The first-order valence-electron chi connectivity index (χ1n) is 16.0. The fourth-order valence-electron chi connectivity index (χ4n) is 6.14. The van der Waals surface area contributed by atoms with Crippen LogP contribution in [-0.4, -0.2) is 61.4 Å². The lowest BCUT2D eigenvalue weighted by molar-refractivity contribution is -0.124. The van der Waals surface area contributed by atoms with Gasteiger partial charge in [-0.3, -0.25) is 9.59 Å². The second-order valence-corrected chi connectivity index (χ2v) is 13.9. The van der Waals surface area contributed by atoms with E-state index in [2.05, 4.69) is 15.7 Å². The normalized spacial score (nSPS) is 15.2. The molecule has 4 N–H and O–H groups in total. The molecule has 5 rings (SSSR count). The molecule has 0 saturated carbocycles. The molecule has 3 aromatic carbocycles. The van der Waals surface area contributed by atoms with Crippen LogP contribution in [0, 0.1) is 27.7 Å². The van der Waals surface area contributed by atoms with Gasteiger partial charge in [-0.1, -0.05) is 30.3 Å². The van der Waals surface area contributed by atoms with Crippen LogP contribution in [-0.2, 0) is 21.4 Å². The highest BCUT2D eigenvalue weighted by Crippen LogP contribution is 2.32. The van der Waals surface area contributed by atoms with E-state index >= 15 is 0 Å². The zero-order chi connectivity index (χ0) is 34.4. The Morgan fingerprint density at radius 2 is 1.77 bits per heavy atom. The van der Waals surface area contributed by atoms with E-state index in [9.17, 15) is 18.0 Å². The number of hydrogen-bond acceptors (Lipinski definition) is 8. The number of aryl methyl sites for hydroxylation is 3. The number of hydrogen-bond donors (Lipinski definition) is 3. The Morgan fingerprint density at radius 1 is 1.02 bits per heavy atom. The molecule has 0 spiro atoms. The van der Waals surface area contributed by atoms with E-state index < -0.39 is 16.1 Å². The molecule has 1 aliphatic heterocycles. The minimum Gasteiger partial charge on any atom is -0.487 e. The summed E-state index contributed by atoms with van der Waals surface area (Å²) in [5.41, 5.74) is 6.34. The number of fused-ring (bicyclic) bond motifs is 1. The largest absolute Gasteiger partial charge is 0.487 e. The second kappa shape index (κ2) is 15.0. The molecule has 1 aromatic heterocycles. The molecule has 2 heterocycles. The van der Waals surface area contributed by atoms with Crippen molar-refractivity contribution in [2.45, 2.75) is 64.5 Å². The van der Waals surface area contributed by atoms with E-state index in [1.807, 2.05) is 45.0 Å². The maximum atomic E-state index is 14.0. The number of benzene rings is 3. The molecule has 0 aliphatic carbocycles. The zero-order valence-corrected chi connectivity index (χ0v) is 28.6. The lowest BCUT2D eigenvalue weighted by Gasteiger charge is -2.25. The number of nitrogens with one attached hydrogen (secondary N) is 2. The second-order valence-electron chi connectivity index (χ2n) is 12.1. The Hall–Kier alpha value is -4.81. The molecule has 1 saturated heterocycles. The van der Waals surface area contributed by atoms with Gasteiger partial charge in [-0.05, 0) is 105 Å². The summed E-state index contributed by atoms with van der Waals surface area (Å²) in [7, 11) is -3.98. The minimum absolute atomic E-state index is 0.167. The summed E-state index contributed by atoms with van der Waals surface area (Å²) in [6, 6.07) is 17.3. The number of amides is 2. The number of rotatable bonds is 12. The Bertz CT molecular complexity index is 1960. The van der Waals surface area contributed by atoms with Crippen molar-refractivity contribution in [2.75, 3.05) is 19.6 Å². The van der Waals surface area contributed by atoms with Gasteiger partial charge in [-0.15, -0.1) is 0 Å². The predicted octanol–water partition coefficient (Wildman–Crippen LogP) is 4.43. The lowest BCUT2D eigenvalue weighted by Crippen LogP contribution is -2.46. The molecule has 12 heteroatoms. The zero-order valence-electron chi connectivity index (χ0n) is 27.7. The number of nitrogens with two attached hydrogens (primary N) is 1. The van der Waals surface area contributed by atoms with Crippen LogP contribution in [0.25, 0.3) is 10.9 Å². The summed E-state index contributed by atoms with van der Waals surface area (Å²) >= 11 is 0. The Kier molecular flexibility index (Phi) is 10.8. The van der Waals surface area contributed by atoms with E-state index in [0.717, 1.165) is 38.9 Å². The molecule has 1 fully saturated rings. The quantitative estimate of drug-likeness (QED) is 0.0872. The summed E-state index contributed by atoms with van der Waals surface area (Å²) in [6.07, 6.45) is 2.99. The SMILES string of the molecule is Cc1cc(C)c2cccc(OCc3c(C)ccc(S(=O)(=O)N4CCC[C@H]4C(=O)NCCCNC(=O)c4ccc(C=NN)cc4)c3C)c2n1. The van der Waals surface area contributed by atoms with Crippen molar-refractivity contribution < 1.29 is 22.7 Å². The Morgan fingerprint density at radius 3 is 2.52 bits per heavy atom. The van der Waals surface area contributed by atoms with Crippen molar-refractivity contribution >= 4 is 39.0 Å². The van der Waals surface area contributed by atoms with Crippen molar-refractivity contribution in [1.29, 1.82) is 0 Å². The molecular formula is C36H42N6O5S. The monoisotopic (exact) mass is 670 g/mol. The average Bonchev–Trinajstić information content (AvgIpc) is 3.56. The molecule has 11 nitrogen and oxygen atoms in total. The van der Waals surface area contributed by atoms with Gasteiger partial charge in [0.05, 0.1) is 11.1 Å². The highest BCUT2D eigenvalue weighted by Gasteiger charge is 2.40. The van der Waals surface area contributed by atoms with Gasteiger partial charge in [-0.2, -0.15) is 9.41 Å².